The van der Waals surface area contributed by atoms with Crippen LogP contribution in [0.1, 0.15) is 6.42 Å². The molecule has 1 saturated heterocycles. The summed E-state index contributed by atoms with van der Waals surface area (Å²) in [6.07, 6.45) is 4.59. The Balaban J connectivity index is 1.78. The first-order valence-electron chi connectivity index (χ1n) is 5.10. The van der Waals surface area contributed by atoms with Crippen LogP contribution in [-0.2, 0) is 16.1 Å². The summed E-state index contributed by atoms with van der Waals surface area (Å²) in [4.78, 5) is 13.4. The molecule has 1 aromatic heterocycles. The van der Waals surface area contributed by atoms with E-state index in [4.69, 9.17) is 4.74 Å². The molecule has 5 heteroatoms. The van der Waals surface area contributed by atoms with Gasteiger partial charge in [0.25, 0.3) is 0 Å². The molecule has 0 amide bonds. The van der Waals surface area contributed by atoms with Crippen LogP contribution in [0, 0.1) is 0 Å². The Hall–Kier alpha value is -1.36. The molecule has 82 valence electrons. The highest BCUT2D eigenvalue weighted by atomic mass is 16.5. The Morgan fingerprint density at radius 3 is 3.00 bits per heavy atom. The molecule has 0 aliphatic carbocycles. The first kappa shape index (κ1) is 10.2. The van der Waals surface area contributed by atoms with Crippen molar-refractivity contribution in [2.45, 2.75) is 19.0 Å². The van der Waals surface area contributed by atoms with Gasteiger partial charge < -0.3 is 4.74 Å². The summed E-state index contributed by atoms with van der Waals surface area (Å²) in [5.41, 5.74) is 0. The third-order valence-electron chi connectivity index (χ3n) is 2.78. The molecule has 1 unspecified atom stereocenters. The summed E-state index contributed by atoms with van der Waals surface area (Å²) in [7, 11) is 1.44. The lowest BCUT2D eigenvalue weighted by atomic mass is 10.0. The van der Waals surface area contributed by atoms with Crippen LogP contribution in [-0.4, -0.2) is 46.9 Å². The zero-order chi connectivity index (χ0) is 10.7. The standard InChI is InChI=1S/C10H15N3O2/c1-15-10(14)9-3-6-12(9)7-8-13-5-2-4-11-13/h2,4-5,9H,3,6-8H2,1H3. The summed E-state index contributed by atoms with van der Waals surface area (Å²) in [5, 5.41) is 4.11. The fourth-order valence-corrected chi connectivity index (χ4v) is 1.77. The second kappa shape index (κ2) is 4.44. The van der Waals surface area contributed by atoms with Crippen molar-refractivity contribution >= 4 is 5.97 Å². The molecule has 1 fully saturated rings. The minimum Gasteiger partial charge on any atom is -0.468 e. The van der Waals surface area contributed by atoms with Gasteiger partial charge in [-0.05, 0) is 12.5 Å². The predicted octanol–water partition coefficient (Wildman–Crippen LogP) is 0.130. The Labute approximate surface area is 88.6 Å². The van der Waals surface area contributed by atoms with Gasteiger partial charge in [0.05, 0.1) is 13.7 Å². The second-order valence-electron chi connectivity index (χ2n) is 3.63. The number of carbonyl (C=O) groups excluding carboxylic acids is 1. The average Bonchev–Trinajstić information content (AvgIpc) is 2.69. The molecule has 0 saturated carbocycles. The molecule has 1 atom stereocenters. The Kier molecular flexibility index (Phi) is 3.01. The second-order valence-corrected chi connectivity index (χ2v) is 3.63. The van der Waals surface area contributed by atoms with Crippen LogP contribution in [0.25, 0.3) is 0 Å². The lowest BCUT2D eigenvalue weighted by Crippen LogP contribution is -2.53. The number of hydrogen-bond acceptors (Lipinski definition) is 4. The van der Waals surface area contributed by atoms with E-state index in [-0.39, 0.29) is 12.0 Å². The van der Waals surface area contributed by atoms with E-state index < -0.39 is 0 Å². The minimum absolute atomic E-state index is 0.0365. The average molecular weight is 209 g/mol. The third kappa shape index (κ3) is 2.18. The first-order chi connectivity index (χ1) is 7.31. The highest BCUT2D eigenvalue weighted by Gasteiger charge is 2.34. The summed E-state index contributed by atoms with van der Waals surface area (Å²) >= 11 is 0. The van der Waals surface area contributed by atoms with Crippen molar-refractivity contribution in [3.8, 4) is 0 Å². The van der Waals surface area contributed by atoms with Crippen molar-refractivity contribution in [2.24, 2.45) is 0 Å². The van der Waals surface area contributed by atoms with Crippen molar-refractivity contribution in [3.63, 3.8) is 0 Å². The number of likely N-dealkylation sites (tertiary alicyclic amines) is 1. The van der Waals surface area contributed by atoms with Crippen LogP contribution in [0.4, 0.5) is 0 Å². The third-order valence-corrected chi connectivity index (χ3v) is 2.78. The van der Waals surface area contributed by atoms with Crippen molar-refractivity contribution in [1.29, 1.82) is 0 Å². The highest BCUT2D eigenvalue weighted by Crippen LogP contribution is 2.17. The Morgan fingerprint density at radius 2 is 2.47 bits per heavy atom. The van der Waals surface area contributed by atoms with E-state index in [1.807, 2.05) is 16.9 Å². The number of rotatable bonds is 4. The number of carbonyl (C=O) groups is 1. The molecule has 0 N–H and O–H groups in total. The van der Waals surface area contributed by atoms with E-state index in [9.17, 15) is 4.79 Å². The van der Waals surface area contributed by atoms with Gasteiger partial charge >= 0.3 is 5.97 Å². The lowest BCUT2D eigenvalue weighted by molar-refractivity contribution is -0.152. The fraction of sp³-hybridized carbons (Fsp3) is 0.600. The Morgan fingerprint density at radius 1 is 1.60 bits per heavy atom. The molecule has 2 rings (SSSR count). The van der Waals surface area contributed by atoms with Crippen LogP contribution in [0.2, 0.25) is 0 Å². The molecule has 1 aromatic rings. The van der Waals surface area contributed by atoms with Gasteiger partial charge in [0.15, 0.2) is 0 Å². The predicted molar refractivity (Wildman–Crippen MR) is 54.2 cm³/mol. The molecular formula is C10H15N3O2. The number of hydrogen-bond donors (Lipinski definition) is 0. The van der Waals surface area contributed by atoms with Crippen LogP contribution >= 0.6 is 0 Å². The zero-order valence-electron chi connectivity index (χ0n) is 8.80. The molecule has 15 heavy (non-hydrogen) atoms. The summed E-state index contributed by atoms with van der Waals surface area (Å²) < 4.78 is 6.59. The number of aromatic nitrogens is 2. The van der Waals surface area contributed by atoms with E-state index in [1.54, 1.807) is 6.20 Å². The van der Waals surface area contributed by atoms with Gasteiger partial charge in [-0.1, -0.05) is 0 Å². The van der Waals surface area contributed by atoms with Gasteiger partial charge in [-0.3, -0.25) is 14.4 Å². The van der Waals surface area contributed by atoms with Crippen molar-refractivity contribution in [1.82, 2.24) is 14.7 Å². The molecule has 0 radical (unpaired) electrons. The summed E-state index contributed by atoms with van der Waals surface area (Å²) in [5.74, 6) is -0.123. The highest BCUT2D eigenvalue weighted by molar-refractivity contribution is 5.76. The number of esters is 1. The van der Waals surface area contributed by atoms with Crippen LogP contribution < -0.4 is 0 Å². The Bertz CT molecular complexity index is 323. The lowest BCUT2D eigenvalue weighted by Gasteiger charge is -2.38. The topological polar surface area (TPSA) is 47.4 Å². The summed E-state index contributed by atoms with van der Waals surface area (Å²) in [6.45, 7) is 2.64. The van der Waals surface area contributed by atoms with Gasteiger partial charge in [0, 0.05) is 25.5 Å². The largest absolute Gasteiger partial charge is 0.468 e. The van der Waals surface area contributed by atoms with Gasteiger partial charge in [-0.15, -0.1) is 0 Å². The van der Waals surface area contributed by atoms with Gasteiger partial charge in [-0.2, -0.15) is 5.10 Å². The maximum atomic E-state index is 11.3. The fourth-order valence-electron chi connectivity index (χ4n) is 1.77. The molecular weight excluding hydrogens is 194 g/mol. The molecule has 0 aromatic carbocycles. The van der Waals surface area contributed by atoms with Crippen molar-refractivity contribution in [3.05, 3.63) is 18.5 Å². The zero-order valence-corrected chi connectivity index (χ0v) is 8.80. The SMILES string of the molecule is COC(=O)C1CCN1CCn1cccn1. The number of nitrogens with zero attached hydrogens (tertiary/aromatic N) is 3. The molecule has 0 spiro atoms. The van der Waals surface area contributed by atoms with E-state index >= 15 is 0 Å². The van der Waals surface area contributed by atoms with Crippen LogP contribution in [0.15, 0.2) is 18.5 Å². The quantitative estimate of drug-likeness (QED) is 0.661. The van der Waals surface area contributed by atoms with E-state index in [1.165, 1.54) is 7.11 Å². The molecule has 2 heterocycles. The number of ether oxygens (including phenoxy) is 1. The van der Waals surface area contributed by atoms with Gasteiger partial charge in [-0.25, -0.2) is 0 Å². The molecule has 5 nitrogen and oxygen atoms in total. The maximum Gasteiger partial charge on any atom is 0.323 e. The van der Waals surface area contributed by atoms with E-state index in [0.717, 1.165) is 26.1 Å². The summed E-state index contributed by atoms with van der Waals surface area (Å²) in [6, 6.07) is 1.86. The van der Waals surface area contributed by atoms with Crippen molar-refractivity contribution in [2.75, 3.05) is 20.2 Å². The molecule has 1 aliphatic rings. The minimum atomic E-state index is -0.123. The van der Waals surface area contributed by atoms with Crippen molar-refractivity contribution < 1.29 is 9.53 Å². The normalized spacial score (nSPS) is 21.0. The van der Waals surface area contributed by atoms with E-state index in [2.05, 4.69) is 10.00 Å². The van der Waals surface area contributed by atoms with E-state index in [0.29, 0.717) is 0 Å². The number of methoxy groups -OCH3 is 1. The van der Waals surface area contributed by atoms with Gasteiger partial charge in [0.1, 0.15) is 6.04 Å². The maximum absolute atomic E-state index is 11.3. The monoisotopic (exact) mass is 209 g/mol. The van der Waals surface area contributed by atoms with Crippen LogP contribution in [0.5, 0.6) is 0 Å². The van der Waals surface area contributed by atoms with Crippen LogP contribution in [0.3, 0.4) is 0 Å². The molecule has 1 aliphatic heterocycles. The first-order valence-corrected chi connectivity index (χ1v) is 5.10. The van der Waals surface area contributed by atoms with Gasteiger partial charge in [0.2, 0.25) is 0 Å². The smallest absolute Gasteiger partial charge is 0.323 e. The molecule has 0 bridgehead atoms.